The summed E-state index contributed by atoms with van der Waals surface area (Å²) in [6.45, 7) is 0.894. The van der Waals surface area contributed by atoms with Gasteiger partial charge < -0.3 is 15.5 Å². The number of carboxylic acids is 1. The molecule has 0 aliphatic carbocycles. The van der Waals surface area contributed by atoms with E-state index in [1.165, 1.54) is 12.3 Å². The lowest BCUT2D eigenvalue weighted by Gasteiger charge is -2.07. The summed E-state index contributed by atoms with van der Waals surface area (Å²) >= 11 is 5.89. The Morgan fingerprint density at radius 3 is 2.76 bits per heavy atom. The van der Waals surface area contributed by atoms with Gasteiger partial charge in [0.15, 0.2) is 0 Å². The van der Waals surface area contributed by atoms with Crippen LogP contribution in [0.5, 0.6) is 0 Å². The van der Waals surface area contributed by atoms with Gasteiger partial charge in [-0.15, -0.1) is 0 Å². The zero-order chi connectivity index (χ0) is 12.7. The number of carbonyl (C=O) groups is 1. The van der Waals surface area contributed by atoms with Gasteiger partial charge in [0.25, 0.3) is 0 Å². The summed E-state index contributed by atoms with van der Waals surface area (Å²) in [7, 11) is 0. The molecule has 1 aromatic heterocycles. The lowest BCUT2D eigenvalue weighted by atomic mass is 10.2. The molecule has 0 radical (unpaired) electrons. The number of aliphatic hydroxyl groups excluding tert-OH is 1. The number of carboxylic acid groups (broad SMARTS) is 1. The molecule has 0 fully saturated rings. The average molecular weight is 259 g/mol. The fourth-order valence-corrected chi connectivity index (χ4v) is 1.54. The van der Waals surface area contributed by atoms with E-state index in [1.807, 2.05) is 0 Å². The van der Waals surface area contributed by atoms with E-state index in [4.69, 9.17) is 21.8 Å². The zero-order valence-electron chi connectivity index (χ0n) is 9.32. The molecule has 17 heavy (non-hydrogen) atoms. The molecule has 94 valence electrons. The van der Waals surface area contributed by atoms with Crippen LogP contribution in [0.1, 0.15) is 29.6 Å². The Morgan fingerprint density at radius 2 is 2.18 bits per heavy atom. The summed E-state index contributed by atoms with van der Waals surface area (Å²) in [5.41, 5.74) is 0.0702. The van der Waals surface area contributed by atoms with E-state index in [9.17, 15) is 4.79 Å². The fourth-order valence-electron chi connectivity index (χ4n) is 1.31. The topological polar surface area (TPSA) is 82.5 Å². The second-order valence-corrected chi connectivity index (χ2v) is 3.98. The van der Waals surface area contributed by atoms with Gasteiger partial charge in [0.2, 0.25) is 0 Å². The van der Waals surface area contributed by atoms with Crippen LogP contribution >= 0.6 is 11.6 Å². The number of aromatic carboxylic acids is 1. The molecule has 5 nitrogen and oxygen atoms in total. The highest BCUT2D eigenvalue weighted by Gasteiger charge is 2.07. The highest BCUT2D eigenvalue weighted by Crippen LogP contribution is 2.20. The van der Waals surface area contributed by atoms with Gasteiger partial charge in [0.05, 0.1) is 10.6 Å². The van der Waals surface area contributed by atoms with Crippen molar-refractivity contribution >= 4 is 23.4 Å². The molecule has 1 aromatic rings. The van der Waals surface area contributed by atoms with Crippen LogP contribution in [0, 0.1) is 0 Å². The number of hydrogen-bond donors (Lipinski definition) is 3. The van der Waals surface area contributed by atoms with Crippen LogP contribution in [0.4, 0.5) is 5.82 Å². The van der Waals surface area contributed by atoms with Crippen molar-refractivity contribution in [2.75, 3.05) is 18.5 Å². The number of hydrogen-bond acceptors (Lipinski definition) is 4. The first-order chi connectivity index (χ1) is 8.15. The maximum Gasteiger partial charge on any atom is 0.337 e. The predicted molar refractivity (Wildman–Crippen MR) is 65.6 cm³/mol. The minimum atomic E-state index is -1.05. The maximum atomic E-state index is 10.7. The van der Waals surface area contributed by atoms with Crippen molar-refractivity contribution in [3.8, 4) is 0 Å². The van der Waals surface area contributed by atoms with Crippen LogP contribution in [0.2, 0.25) is 5.02 Å². The van der Waals surface area contributed by atoms with Gasteiger partial charge in [0.1, 0.15) is 5.82 Å². The Labute approximate surface area is 104 Å². The Balaban J connectivity index is 2.46. The summed E-state index contributed by atoms with van der Waals surface area (Å²) in [6.07, 6.45) is 3.87. The molecule has 1 heterocycles. The average Bonchev–Trinajstić information content (AvgIpc) is 2.30. The number of aliphatic hydroxyl groups is 1. The summed E-state index contributed by atoms with van der Waals surface area (Å²) in [4.78, 5) is 14.6. The van der Waals surface area contributed by atoms with Crippen LogP contribution in [0.3, 0.4) is 0 Å². The smallest absolute Gasteiger partial charge is 0.337 e. The van der Waals surface area contributed by atoms with E-state index < -0.39 is 5.97 Å². The highest BCUT2D eigenvalue weighted by molar-refractivity contribution is 6.33. The van der Waals surface area contributed by atoms with Crippen molar-refractivity contribution < 1.29 is 15.0 Å². The summed E-state index contributed by atoms with van der Waals surface area (Å²) < 4.78 is 0. The molecule has 0 amide bonds. The number of nitrogens with zero attached hydrogens (tertiary/aromatic N) is 1. The van der Waals surface area contributed by atoms with Gasteiger partial charge in [-0.1, -0.05) is 11.6 Å². The standard InChI is InChI=1S/C11H15ClN2O3/c12-9-6-8(11(16)17)7-14-10(9)13-4-2-1-3-5-15/h6-7,15H,1-5H2,(H,13,14)(H,16,17). The van der Waals surface area contributed by atoms with E-state index in [0.29, 0.717) is 17.4 Å². The number of rotatable bonds is 7. The van der Waals surface area contributed by atoms with Crippen molar-refractivity contribution in [2.45, 2.75) is 19.3 Å². The fraction of sp³-hybridized carbons (Fsp3) is 0.455. The number of anilines is 1. The molecule has 3 N–H and O–H groups in total. The summed E-state index contributed by atoms with van der Waals surface area (Å²) in [5, 5.41) is 20.6. The lowest BCUT2D eigenvalue weighted by Crippen LogP contribution is -2.06. The maximum absolute atomic E-state index is 10.7. The van der Waals surface area contributed by atoms with Crippen molar-refractivity contribution in [2.24, 2.45) is 0 Å². The number of aromatic nitrogens is 1. The van der Waals surface area contributed by atoms with Crippen molar-refractivity contribution in [1.82, 2.24) is 4.98 Å². The number of pyridine rings is 1. The highest BCUT2D eigenvalue weighted by atomic mass is 35.5. The number of halogens is 1. The van der Waals surface area contributed by atoms with E-state index in [2.05, 4.69) is 10.3 Å². The SMILES string of the molecule is O=C(O)c1cnc(NCCCCCO)c(Cl)c1. The Hall–Kier alpha value is -1.33. The van der Waals surface area contributed by atoms with Gasteiger partial charge >= 0.3 is 5.97 Å². The first-order valence-electron chi connectivity index (χ1n) is 5.38. The Morgan fingerprint density at radius 1 is 1.41 bits per heavy atom. The minimum Gasteiger partial charge on any atom is -0.478 e. The normalized spacial score (nSPS) is 10.2. The Bertz CT molecular complexity index is 385. The molecule has 0 unspecified atom stereocenters. The zero-order valence-corrected chi connectivity index (χ0v) is 10.1. The first-order valence-corrected chi connectivity index (χ1v) is 5.76. The summed E-state index contributed by atoms with van der Waals surface area (Å²) in [5.74, 6) is -0.561. The third-order valence-corrected chi connectivity index (χ3v) is 2.50. The molecule has 0 aromatic carbocycles. The van der Waals surface area contributed by atoms with Crippen LogP contribution < -0.4 is 5.32 Å². The predicted octanol–water partition coefficient (Wildman–Crippen LogP) is 2.01. The number of nitrogens with one attached hydrogen (secondary N) is 1. The molecule has 0 aliphatic heterocycles. The van der Waals surface area contributed by atoms with Crippen LogP contribution in [0.25, 0.3) is 0 Å². The second kappa shape index (κ2) is 7.09. The minimum absolute atomic E-state index is 0.0702. The lowest BCUT2D eigenvalue weighted by molar-refractivity contribution is 0.0696. The molecule has 0 atom stereocenters. The molecule has 0 saturated carbocycles. The molecule has 0 bridgehead atoms. The third kappa shape index (κ3) is 4.58. The molecule has 6 heteroatoms. The van der Waals surface area contributed by atoms with Crippen molar-refractivity contribution in [1.29, 1.82) is 0 Å². The van der Waals surface area contributed by atoms with Gasteiger partial charge in [0, 0.05) is 19.3 Å². The molecule has 0 aliphatic rings. The quantitative estimate of drug-likeness (QED) is 0.652. The van der Waals surface area contributed by atoms with Gasteiger partial charge in [-0.2, -0.15) is 0 Å². The molecule has 0 spiro atoms. The van der Waals surface area contributed by atoms with Gasteiger partial charge in [-0.3, -0.25) is 0 Å². The van der Waals surface area contributed by atoms with E-state index in [-0.39, 0.29) is 12.2 Å². The van der Waals surface area contributed by atoms with E-state index >= 15 is 0 Å². The largest absolute Gasteiger partial charge is 0.478 e. The molecular weight excluding hydrogens is 244 g/mol. The molecular formula is C11H15ClN2O3. The summed E-state index contributed by atoms with van der Waals surface area (Å²) in [6, 6.07) is 1.37. The van der Waals surface area contributed by atoms with Gasteiger partial charge in [-0.25, -0.2) is 9.78 Å². The van der Waals surface area contributed by atoms with Crippen LogP contribution in [-0.4, -0.2) is 34.3 Å². The van der Waals surface area contributed by atoms with Crippen molar-refractivity contribution in [3.05, 3.63) is 22.8 Å². The monoisotopic (exact) mass is 258 g/mol. The first kappa shape index (κ1) is 13.7. The molecule has 1 rings (SSSR count). The second-order valence-electron chi connectivity index (χ2n) is 3.57. The van der Waals surface area contributed by atoms with E-state index in [1.54, 1.807) is 0 Å². The van der Waals surface area contributed by atoms with E-state index in [0.717, 1.165) is 19.3 Å². The Kier molecular flexibility index (Phi) is 5.72. The molecule has 0 saturated heterocycles. The van der Waals surface area contributed by atoms with Crippen LogP contribution in [0.15, 0.2) is 12.3 Å². The third-order valence-electron chi connectivity index (χ3n) is 2.22. The van der Waals surface area contributed by atoms with Gasteiger partial charge in [-0.05, 0) is 25.3 Å². The number of unbranched alkanes of at least 4 members (excludes halogenated alkanes) is 2. The van der Waals surface area contributed by atoms with Crippen LogP contribution in [-0.2, 0) is 0 Å². The van der Waals surface area contributed by atoms with Crippen molar-refractivity contribution in [3.63, 3.8) is 0 Å².